The Morgan fingerprint density at radius 2 is 1.89 bits per heavy atom. The van der Waals surface area contributed by atoms with Crippen molar-refractivity contribution in [2.45, 2.75) is 32.5 Å². The van der Waals surface area contributed by atoms with Crippen LogP contribution in [0.5, 0.6) is 5.75 Å². The van der Waals surface area contributed by atoms with Crippen LogP contribution in [0.2, 0.25) is 10.0 Å². The molecule has 186 valence electrons. The van der Waals surface area contributed by atoms with Crippen LogP contribution in [0, 0.1) is 0 Å². The van der Waals surface area contributed by atoms with Gasteiger partial charge in [-0.05, 0) is 49.2 Å². The average Bonchev–Trinajstić information content (AvgIpc) is 3.26. The van der Waals surface area contributed by atoms with E-state index in [1.807, 2.05) is 31.2 Å². The summed E-state index contributed by atoms with van der Waals surface area (Å²) in [6.07, 6.45) is 6.92. The number of aromatic amines is 1. The van der Waals surface area contributed by atoms with Crippen molar-refractivity contribution in [1.82, 2.24) is 25.4 Å². The van der Waals surface area contributed by atoms with E-state index in [-0.39, 0.29) is 6.10 Å². The maximum atomic E-state index is 6.30. The van der Waals surface area contributed by atoms with Crippen LogP contribution in [-0.2, 0) is 6.54 Å². The molecular formula is C28H29Cl2N5O. The summed E-state index contributed by atoms with van der Waals surface area (Å²) in [4.78, 5) is 6.51. The fraction of sp³-hybridized carbons (Fsp3) is 0.286. The molecule has 2 atom stereocenters. The lowest BCUT2D eigenvalue weighted by Crippen LogP contribution is -2.48. The van der Waals surface area contributed by atoms with Gasteiger partial charge >= 0.3 is 0 Å². The van der Waals surface area contributed by atoms with E-state index >= 15 is 0 Å². The van der Waals surface area contributed by atoms with Gasteiger partial charge in [-0.25, -0.2) is 0 Å². The maximum absolute atomic E-state index is 6.30. The van der Waals surface area contributed by atoms with Crippen LogP contribution in [0.1, 0.15) is 42.3 Å². The van der Waals surface area contributed by atoms with E-state index < -0.39 is 0 Å². The third-order valence-electron chi connectivity index (χ3n) is 6.45. The Labute approximate surface area is 221 Å². The predicted octanol–water partition coefficient (Wildman–Crippen LogP) is 6.37. The summed E-state index contributed by atoms with van der Waals surface area (Å²) >= 11 is 12.6. The number of hydrogen-bond donors (Lipinski definition) is 2. The molecule has 4 aromatic rings. The molecule has 2 N–H and O–H groups in total. The van der Waals surface area contributed by atoms with Crippen molar-refractivity contribution in [2.24, 2.45) is 0 Å². The lowest BCUT2D eigenvalue weighted by atomic mass is 10.1. The van der Waals surface area contributed by atoms with Gasteiger partial charge in [-0.3, -0.25) is 15.0 Å². The molecule has 1 aliphatic rings. The topological polar surface area (TPSA) is 66.1 Å². The highest BCUT2D eigenvalue weighted by molar-refractivity contribution is 6.35. The lowest BCUT2D eigenvalue weighted by Gasteiger charge is -2.31. The summed E-state index contributed by atoms with van der Waals surface area (Å²) in [6.45, 7) is 8.36. The molecule has 0 saturated carbocycles. The standard InChI is InChI=1S/C28H29Cl2N5O/c1-18-16-35(12-11-32-18)17-21-5-3-20(4-6-21)7-9-26-23-13-22(8-10-27(23)34-33-26)36-19(2)28-24(29)14-31-15-25(28)30/h3-10,13-15,18-19,32H,11-12,16-17H2,1-2H3,(H,33,34)/b9-7+. The largest absolute Gasteiger partial charge is 0.486 e. The zero-order chi connectivity index (χ0) is 25.1. The Morgan fingerprint density at radius 3 is 2.64 bits per heavy atom. The SMILES string of the molecule is CC1CN(Cc2ccc(/C=C/c3n[nH]c4ccc(OC(C)c5c(Cl)cncc5Cl)cc34)cc2)CCN1. The average molecular weight is 522 g/mol. The summed E-state index contributed by atoms with van der Waals surface area (Å²) in [5, 5.41) is 13.0. The van der Waals surface area contributed by atoms with E-state index in [2.05, 4.69) is 62.7 Å². The van der Waals surface area contributed by atoms with Crippen molar-refractivity contribution in [3.63, 3.8) is 0 Å². The summed E-state index contributed by atoms with van der Waals surface area (Å²) in [5.74, 6) is 0.710. The molecule has 3 heterocycles. The Bertz CT molecular complexity index is 1350. The number of H-pyrrole nitrogens is 1. The van der Waals surface area contributed by atoms with Gasteiger partial charge in [0.15, 0.2) is 0 Å². The van der Waals surface area contributed by atoms with Crippen LogP contribution >= 0.6 is 23.2 Å². The van der Waals surface area contributed by atoms with Gasteiger partial charge in [0.05, 0.1) is 21.3 Å². The minimum atomic E-state index is -0.334. The Hall–Kier alpha value is -2.90. The smallest absolute Gasteiger partial charge is 0.124 e. The van der Waals surface area contributed by atoms with Crippen molar-refractivity contribution in [2.75, 3.05) is 19.6 Å². The number of benzene rings is 2. The predicted molar refractivity (Wildman–Crippen MR) is 148 cm³/mol. The second-order valence-electron chi connectivity index (χ2n) is 9.26. The molecule has 36 heavy (non-hydrogen) atoms. The van der Waals surface area contributed by atoms with Gasteiger partial charge in [0.25, 0.3) is 0 Å². The summed E-state index contributed by atoms with van der Waals surface area (Å²) in [5.41, 5.74) is 4.97. The van der Waals surface area contributed by atoms with Crippen LogP contribution < -0.4 is 10.1 Å². The highest BCUT2D eigenvalue weighted by atomic mass is 35.5. The minimum absolute atomic E-state index is 0.334. The second kappa shape index (κ2) is 11.0. The quantitative estimate of drug-likeness (QED) is 0.295. The highest BCUT2D eigenvalue weighted by Gasteiger charge is 2.17. The molecule has 0 aliphatic carbocycles. The first kappa shape index (κ1) is 24.8. The molecule has 0 bridgehead atoms. The number of rotatable bonds is 7. The molecule has 0 amide bonds. The number of ether oxygens (including phenoxy) is 1. The van der Waals surface area contributed by atoms with Crippen LogP contribution in [0.3, 0.4) is 0 Å². The maximum Gasteiger partial charge on any atom is 0.124 e. The third kappa shape index (κ3) is 5.73. The minimum Gasteiger partial charge on any atom is -0.486 e. The molecule has 2 aromatic heterocycles. The summed E-state index contributed by atoms with van der Waals surface area (Å²) in [7, 11) is 0. The van der Waals surface area contributed by atoms with E-state index in [0.29, 0.717) is 21.8 Å². The number of fused-ring (bicyclic) bond motifs is 1. The van der Waals surface area contributed by atoms with Gasteiger partial charge in [0, 0.05) is 55.6 Å². The number of aromatic nitrogens is 3. The van der Waals surface area contributed by atoms with Crippen molar-refractivity contribution >= 4 is 46.3 Å². The molecule has 1 saturated heterocycles. The third-order valence-corrected chi connectivity index (χ3v) is 7.05. The molecule has 2 aromatic carbocycles. The van der Waals surface area contributed by atoms with E-state index in [1.165, 1.54) is 5.56 Å². The van der Waals surface area contributed by atoms with Crippen LogP contribution in [0.15, 0.2) is 54.9 Å². The molecule has 8 heteroatoms. The Kier molecular flexibility index (Phi) is 7.58. The Balaban J connectivity index is 1.28. The summed E-state index contributed by atoms with van der Waals surface area (Å²) < 4.78 is 6.17. The zero-order valence-corrected chi connectivity index (χ0v) is 21.9. The zero-order valence-electron chi connectivity index (χ0n) is 20.3. The molecule has 2 unspecified atom stereocenters. The highest BCUT2D eigenvalue weighted by Crippen LogP contribution is 2.33. The van der Waals surface area contributed by atoms with Gasteiger partial charge in [0.2, 0.25) is 0 Å². The van der Waals surface area contributed by atoms with E-state index in [4.69, 9.17) is 27.9 Å². The molecule has 6 nitrogen and oxygen atoms in total. The number of nitrogens with one attached hydrogen (secondary N) is 2. The van der Waals surface area contributed by atoms with Crippen molar-refractivity contribution in [1.29, 1.82) is 0 Å². The van der Waals surface area contributed by atoms with Crippen LogP contribution in [0.4, 0.5) is 0 Å². The van der Waals surface area contributed by atoms with Crippen molar-refractivity contribution in [3.05, 3.63) is 87.3 Å². The lowest BCUT2D eigenvalue weighted by molar-refractivity contribution is 0.199. The molecule has 1 aliphatic heterocycles. The van der Waals surface area contributed by atoms with Crippen LogP contribution in [0.25, 0.3) is 23.1 Å². The number of piperazine rings is 1. The van der Waals surface area contributed by atoms with E-state index in [9.17, 15) is 0 Å². The number of pyridine rings is 1. The first-order valence-corrected chi connectivity index (χ1v) is 12.9. The fourth-order valence-corrected chi connectivity index (χ4v) is 5.28. The number of nitrogens with zero attached hydrogens (tertiary/aromatic N) is 3. The first-order chi connectivity index (χ1) is 17.5. The van der Waals surface area contributed by atoms with Crippen molar-refractivity contribution in [3.8, 4) is 5.75 Å². The molecule has 0 radical (unpaired) electrons. The number of hydrogen-bond acceptors (Lipinski definition) is 5. The molecule has 5 rings (SSSR count). The van der Waals surface area contributed by atoms with Gasteiger partial charge in [-0.1, -0.05) is 53.5 Å². The molecule has 0 spiro atoms. The fourth-order valence-electron chi connectivity index (χ4n) is 4.61. The van der Waals surface area contributed by atoms with Gasteiger partial charge in [-0.2, -0.15) is 5.10 Å². The summed E-state index contributed by atoms with van der Waals surface area (Å²) in [6, 6.07) is 15.1. The van der Waals surface area contributed by atoms with E-state index in [1.54, 1.807) is 12.4 Å². The monoisotopic (exact) mass is 521 g/mol. The Morgan fingerprint density at radius 1 is 1.11 bits per heavy atom. The normalized spacial score (nSPS) is 17.6. The second-order valence-corrected chi connectivity index (χ2v) is 10.1. The van der Waals surface area contributed by atoms with Gasteiger partial charge in [-0.15, -0.1) is 0 Å². The van der Waals surface area contributed by atoms with E-state index in [0.717, 1.165) is 53.9 Å². The van der Waals surface area contributed by atoms with Crippen LogP contribution in [-0.4, -0.2) is 45.8 Å². The van der Waals surface area contributed by atoms with Gasteiger partial charge in [0.1, 0.15) is 11.9 Å². The first-order valence-electron chi connectivity index (χ1n) is 12.1. The number of halogens is 2. The molecule has 1 fully saturated rings. The van der Waals surface area contributed by atoms with Gasteiger partial charge < -0.3 is 10.1 Å². The molecular weight excluding hydrogens is 493 g/mol. The van der Waals surface area contributed by atoms with Crippen molar-refractivity contribution < 1.29 is 4.74 Å².